The van der Waals surface area contributed by atoms with Crippen molar-refractivity contribution in [1.29, 1.82) is 0 Å². The second-order valence-corrected chi connectivity index (χ2v) is 9.20. The Labute approximate surface area is 175 Å². The van der Waals surface area contributed by atoms with Gasteiger partial charge in [-0.05, 0) is 52.0 Å². The van der Waals surface area contributed by atoms with Crippen LogP contribution < -0.4 is 15.5 Å². The highest BCUT2D eigenvalue weighted by molar-refractivity contribution is 7.13. The molecule has 0 unspecified atom stereocenters. The lowest BCUT2D eigenvalue weighted by Gasteiger charge is -2.33. The van der Waals surface area contributed by atoms with Crippen LogP contribution in [0.2, 0.25) is 0 Å². The summed E-state index contributed by atoms with van der Waals surface area (Å²) in [5, 5.41) is 15.2. The molecule has 0 aromatic carbocycles. The first-order chi connectivity index (χ1) is 13.7. The number of amides is 2. The first kappa shape index (κ1) is 21.2. The van der Waals surface area contributed by atoms with E-state index < -0.39 is 17.7 Å². The van der Waals surface area contributed by atoms with Crippen molar-refractivity contribution in [1.82, 2.24) is 20.8 Å². The summed E-state index contributed by atoms with van der Waals surface area (Å²) in [7, 11) is 0. The van der Waals surface area contributed by atoms with Crippen LogP contribution in [0.3, 0.4) is 0 Å². The van der Waals surface area contributed by atoms with Crippen molar-refractivity contribution in [2.75, 3.05) is 18.0 Å². The van der Waals surface area contributed by atoms with Gasteiger partial charge in [0.1, 0.15) is 11.6 Å². The Hall–Kier alpha value is -2.55. The maximum atomic E-state index is 12.4. The van der Waals surface area contributed by atoms with Gasteiger partial charge in [-0.25, -0.2) is 4.79 Å². The Kier molecular flexibility index (Phi) is 6.46. The highest BCUT2D eigenvalue weighted by Gasteiger charge is 2.26. The molecule has 29 heavy (non-hydrogen) atoms. The van der Waals surface area contributed by atoms with Crippen molar-refractivity contribution in [2.45, 2.75) is 58.2 Å². The van der Waals surface area contributed by atoms with Gasteiger partial charge < -0.3 is 20.3 Å². The van der Waals surface area contributed by atoms with E-state index >= 15 is 0 Å². The molecule has 9 heteroatoms. The van der Waals surface area contributed by atoms with Crippen LogP contribution in [-0.2, 0) is 9.53 Å². The maximum absolute atomic E-state index is 12.4. The number of thiophene rings is 1. The van der Waals surface area contributed by atoms with Crippen molar-refractivity contribution in [3.05, 3.63) is 23.6 Å². The third-order valence-corrected chi connectivity index (χ3v) is 5.55. The lowest BCUT2D eigenvalue weighted by molar-refractivity contribution is -0.123. The highest BCUT2D eigenvalue weighted by Crippen LogP contribution is 2.27. The van der Waals surface area contributed by atoms with E-state index in [1.165, 1.54) is 0 Å². The maximum Gasteiger partial charge on any atom is 0.408 e. The molecular weight excluding hydrogens is 390 g/mol. The van der Waals surface area contributed by atoms with E-state index in [9.17, 15) is 9.59 Å². The van der Waals surface area contributed by atoms with Gasteiger partial charge in [0.05, 0.1) is 10.6 Å². The van der Waals surface area contributed by atoms with Gasteiger partial charge in [0.25, 0.3) is 0 Å². The van der Waals surface area contributed by atoms with E-state index in [0.717, 1.165) is 42.3 Å². The molecule has 2 aromatic heterocycles. The number of anilines is 1. The molecule has 0 spiro atoms. The molecule has 0 saturated carbocycles. The van der Waals surface area contributed by atoms with Crippen molar-refractivity contribution in [2.24, 2.45) is 0 Å². The number of ether oxygens (including phenoxy) is 1. The minimum absolute atomic E-state index is 0.0809. The molecule has 3 N–H and O–H groups in total. The molecule has 0 aliphatic carbocycles. The molecule has 3 rings (SSSR count). The molecule has 1 aliphatic rings. The van der Waals surface area contributed by atoms with Crippen LogP contribution in [-0.4, -0.2) is 53.0 Å². The number of nitrogens with zero attached hydrogens (tertiary/aromatic N) is 2. The van der Waals surface area contributed by atoms with Gasteiger partial charge in [-0.2, -0.15) is 5.10 Å². The number of rotatable bonds is 5. The zero-order chi connectivity index (χ0) is 21.0. The number of aromatic amines is 1. The lowest BCUT2D eigenvalue weighted by Crippen LogP contribution is -2.51. The highest BCUT2D eigenvalue weighted by atomic mass is 32.1. The molecule has 0 radical (unpaired) electrons. The molecule has 1 atom stereocenters. The van der Waals surface area contributed by atoms with Crippen LogP contribution in [0, 0.1) is 0 Å². The molecule has 158 valence electrons. The number of alkyl carbamates (subject to hydrolysis) is 1. The van der Waals surface area contributed by atoms with E-state index in [4.69, 9.17) is 4.74 Å². The van der Waals surface area contributed by atoms with Crippen molar-refractivity contribution in [3.63, 3.8) is 0 Å². The SMILES string of the molecule is C[C@@H](NC(=O)OC(C)(C)C)C(=O)NC1CCN(c2cc(-c3cccs3)[nH]n2)CC1. The fourth-order valence-corrected chi connectivity index (χ4v) is 3.85. The van der Waals surface area contributed by atoms with E-state index in [-0.39, 0.29) is 11.9 Å². The van der Waals surface area contributed by atoms with Gasteiger partial charge in [-0.15, -0.1) is 11.3 Å². The zero-order valence-electron chi connectivity index (χ0n) is 17.3. The van der Waals surface area contributed by atoms with Gasteiger partial charge in [0, 0.05) is 25.2 Å². The third kappa shape index (κ3) is 5.96. The van der Waals surface area contributed by atoms with E-state index in [0.29, 0.717) is 0 Å². The minimum atomic E-state index is -0.650. The number of aromatic nitrogens is 2. The van der Waals surface area contributed by atoms with E-state index in [1.54, 1.807) is 39.0 Å². The van der Waals surface area contributed by atoms with Crippen LogP contribution in [0.5, 0.6) is 0 Å². The van der Waals surface area contributed by atoms with Gasteiger partial charge in [-0.3, -0.25) is 9.89 Å². The number of carbonyl (C=O) groups excluding carboxylic acids is 2. The monoisotopic (exact) mass is 419 g/mol. The molecule has 2 amide bonds. The Morgan fingerprint density at radius 2 is 2.07 bits per heavy atom. The first-order valence-corrected chi connectivity index (χ1v) is 10.7. The van der Waals surface area contributed by atoms with Crippen molar-refractivity contribution < 1.29 is 14.3 Å². The zero-order valence-corrected chi connectivity index (χ0v) is 18.1. The summed E-state index contributed by atoms with van der Waals surface area (Å²) < 4.78 is 5.19. The van der Waals surface area contributed by atoms with Gasteiger partial charge >= 0.3 is 6.09 Å². The van der Waals surface area contributed by atoms with Crippen molar-refractivity contribution >= 4 is 29.2 Å². The Morgan fingerprint density at radius 1 is 1.34 bits per heavy atom. The van der Waals surface area contributed by atoms with Crippen LogP contribution in [0.25, 0.3) is 10.6 Å². The average Bonchev–Trinajstić information content (AvgIpc) is 3.32. The second-order valence-electron chi connectivity index (χ2n) is 8.25. The number of H-pyrrole nitrogens is 1. The summed E-state index contributed by atoms with van der Waals surface area (Å²) in [5.74, 6) is 0.729. The second kappa shape index (κ2) is 8.86. The van der Waals surface area contributed by atoms with Gasteiger partial charge in [0.15, 0.2) is 5.82 Å². The summed E-state index contributed by atoms with van der Waals surface area (Å²) in [4.78, 5) is 27.6. The fourth-order valence-electron chi connectivity index (χ4n) is 3.16. The molecule has 8 nitrogen and oxygen atoms in total. The van der Waals surface area contributed by atoms with Crippen molar-refractivity contribution in [3.8, 4) is 10.6 Å². The smallest absolute Gasteiger partial charge is 0.408 e. The Morgan fingerprint density at radius 3 is 2.69 bits per heavy atom. The normalized spacial score (nSPS) is 16.3. The average molecular weight is 420 g/mol. The predicted molar refractivity (Wildman–Crippen MR) is 114 cm³/mol. The number of carbonyl (C=O) groups is 2. The Bertz CT molecular complexity index is 820. The van der Waals surface area contributed by atoms with Crippen LogP contribution in [0.4, 0.5) is 10.6 Å². The summed E-state index contributed by atoms with van der Waals surface area (Å²) in [6.07, 6.45) is 1.06. The molecule has 1 saturated heterocycles. The van der Waals surface area contributed by atoms with Crippen LogP contribution >= 0.6 is 11.3 Å². The molecule has 3 heterocycles. The third-order valence-electron chi connectivity index (χ3n) is 4.64. The topological polar surface area (TPSA) is 99.3 Å². The number of nitrogens with one attached hydrogen (secondary N) is 3. The molecule has 2 aromatic rings. The standard InChI is InChI=1S/C20H29N5O3S/c1-13(21-19(27)28-20(2,3)4)18(26)22-14-7-9-25(10-8-14)17-12-15(23-24-17)16-6-5-11-29-16/h5-6,11-14H,7-10H2,1-4H3,(H,21,27)(H,22,26)(H,23,24)/t13-/m1/s1. The fraction of sp³-hybridized carbons (Fsp3) is 0.550. The molecular formula is C20H29N5O3S. The van der Waals surface area contributed by atoms with Crippen LogP contribution in [0.15, 0.2) is 23.6 Å². The number of hydrogen-bond donors (Lipinski definition) is 3. The summed E-state index contributed by atoms with van der Waals surface area (Å²) in [5.41, 5.74) is 0.426. The summed E-state index contributed by atoms with van der Waals surface area (Å²) >= 11 is 1.68. The van der Waals surface area contributed by atoms with Gasteiger partial charge in [0.2, 0.25) is 5.91 Å². The molecule has 1 fully saturated rings. The summed E-state index contributed by atoms with van der Waals surface area (Å²) in [6.45, 7) is 8.64. The molecule has 1 aliphatic heterocycles. The van der Waals surface area contributed by atoms with E-state index in [1.807, 2.05) is 11.4 Å². The quantitative estimate of drug-likeness (QED) is 0.691. The van der Waals surface area contributed by atoms with Crippen LogP contribution in [0.1, 0.15) is 40.5 Å². The minimum Gasteiger partial charge on any atom is -0.444 e. The van der Waals surface area contributed by atoms with Gasteiger partial charge in [-0.1, -0.05) is 6.07 Å². The Balaban J connectivity index is 1.45. The number of hydrogen-bond acceptors (Lipinski definition) is 6. The summed E-state index contributed by atoms with van der Waals surface area (Å²) in [6, 6.07) is 5.58. The largest absolute Gasteiger partial charge is 0.444 e. The molecule has 0 bridgehead atoms. The predicted octanol–water partition coefficient (Wildman–Crippen LogP) is 3.14. The number of piperidine rings is 1. The first-order valence-electron chi connectivity index (χ1n) is 9.85. The van der Waals surface area contributed by atoms with E-state index in [2.05, 4.69) is 37.9 Å². The lowest BCUT2D eigenvalue weighted by atomic mass is 10.0.